The largest absolute Gasteiger partial charge is 0.472 e. The molecule has 0 aromatic rings. The summed E-state index contributed by atoms with van der Waals surface area (Å²) >= 11 is 0. The maximum absolute atomic E-state index is 12.9. The third-order valence-electron chi connectivity index (χ3n) is 14.5. The van der Waals surface area contributed by atoms with Crippen molar-refractivity contribution in [2.45, 2.75) is 354 Å². The summed E-state index contributed by atoms with van der Waals surface area (Å²) < 4.78 is 39.7. The molecule has 0 saturated carbocycles. The molecule has 0 aromatic carbocycles. The Kier molecular flexibility index (Phi) is 56.5. The quantitative estimate of drug-likeness (QED) is 0.0259. The monoisotopic (exact) mass is 1070 g/mol. The van der Waals surface area contributed by atoms with Crippen molar-refractivity contribution < 1.29 is 52.2 Å². The molecule has 0 amide bonds. The van der Waals surface area contributed by atoms with Crippen molar-refractivity contribution in [2.75, 3.05) is 26.4 Å². The van der Waals surface area contributed by atoms with E-state index in [1.54, 1.807) is 0 Å². The van der Waals surface area contributed by atoms with Crippen LogP contribution in [0.25, 0.3) is 0 Å². The second-order valence-corrected chi connectivity index (χ2v) is 23.4. The Balaban J connectivity index is 4.61. The molecule has 12 heteroatoms. The second-order valence-electron chi connectivity index (χ2n) is 22.0. The van der Waals surface area contributed by atoms with Gasteiger partial charge in [-0.2, -0.15) is 0 Å². The molecular weight excluding hydrogens is 952 g/mol. The molecule has 3 unspecified atom stereocenters. The lowest BCUT2D eigenvalue weighted by Crippen LogP contribution is -2.30. The minimum atomic E-state index is -4.74. The highest BCUT2D eigenvalue weighted by Crippen LogP contribution is 2.43. The van der Waals surface area contributed by atoms with Crippen LogP contribution in [0.1, 0.15) is 342 Å². The van der Waals surface area contributed by atoms with E-state index in [4.69, 9.17) is 23.3 Å². The average Bonchev–Trinajstić information content (AvgIpc) is 3.39. The van der Waals surface area contributed by atoms with Crippen molar-refractivity contribution in [2.24, 2.45) is 0 Å². The zero-order chi connectivity index (χ0) is 54.1. The fourth-order valence-electron chi connectivity index (χ4n) is 9.66. The molecule has 0 aliphatic rings. The maximum atomic E-state index is 12.9. The number of esters is 3. The van der Waals surface area contributed by atoms with Gasteiger partial charge in [-0.3, -0.25) is 23.4 Å². The van der Waals surface area contributed by atoms with Gasteiger partial charge in [0.2, 0.25) is 0 Å². The van der Waals surface area contributed by atoms with E-state index in [0.29, 0.717) is 19.3 Å². The lowest BCUT2D eigenvalue weighted by Gasteiger charge is -2.21. The molecule has 0 saturated heterocycles. The van der Waals surface area contributed by atoms with Crippen LogP contribution in [-0.2, 0) is 42.2 Å². The summed E-state index contributed by atoms with van der Waals surface area (Å²) in [6.45, 7) is 4.74. The number of aliphatic hydroxyl groups excluding tert-OH is 1. The van der Waals surface area contributed by atoms with Crippen molar-refractivity contribution in [1.29, 1.82) is 0 Å². The Labute approximate surface area is 456 Å². The highest BCUT2D eigenvalue weighted by atomic mass is 31.2. The van der Waals surface area contributed by atoms with Crippen LogP contribution in [0.15, 0.2) is 0 Å². The number of ether oxygens (including phenoxy) is 3. The molecule has 440 valence electrons. The Morgan fingerprint density at radius 2 is 0.541 bits per heavy atom. The van der Waals surface area contributed by atoms with Crippen LogP contribution in [-0.4, -0.2) is 66.5 Å². The SMILES string of the molecule is CCCCCCCCCCCCCCCCCCCCCC(=O)OCC(COP(=O)(O)OCC(CO)OC(=O)CCCCCCCCCCCCCCC)OC(=O)CCCCCCCCCCCCCCCCC. The van der Waals surface area contributed by atoms with E-state index in [1.807, 2.05) is 0 Å². The molecule has 0 aromatic heterocycles. The van der Waals surface area contributed by atoms with Crippen molar-refractivity contribution in [3.05, 3.63) is 0 Å². The van der Waals surface area contributed by atoms with Crippen LogP contribution in [0.4, 0.5) is 0 Å². The second kappa shape index (κ2) is 57.6. The molecule has 0 heterocycles. The summed E-state index contributed by atoms with van der Waals surface area (Å²) in [5, 5.41) is 9.83. The highest BCUT2D eigenvalue weighted by molar-refractivity contribution is 7.47. The average molecular weight is 1070 g/mol. The number of aliphatic hydroxyl groups is 1. The van der Waals surface area contributed by atoms with Gasteiger partial charge in [0, 0.05) is 19.3 Å². The first-order valence-corrected chi connectivity index (χ1v) is 33.4. The third-order valence-corrected chi connectivity index (χ3v) is 15.5. The van der Waals surface area contributed by atoms with Gasteiger partial charge in [-0.1, -0.05) is 303 Å². The van der Waals surface area contributed by atoms with Gasteiger partial charge in [0.15, 0.2) is 6.10 Å². The minimum Gasteiger partial charge on any atom is -0.462 e. The van der Waals surface area contributed by atoms with Gasteiger partial charge in [-0.15, -0.1) is 0 Å². The molecule has 0 fully saturated rings. The standard InChI is InChI=1S/C62H121O11P/c1-4-7-10-13-16-19-22-25-27-28-29-30-32-34-36-39-42-45-48-51-60(64)69-55-59(73-62(66)53-50-47-44-41-38-35-31-26-23-20-17-14-11-8-5-2)57-71-74(67,68)70-56-58(54-63)72-61(65)52-49-46-43-40-37-33-24-21-18-15-12-9-6-3/h58-59,63H,4-57H2,1-3H3,(H,67,68). The first-order valence-electron chi connectivity index (χ1n) is 31.9. The lowest BCUT2D eigenvalue weighted by atomic mass is 10.0. The molecule has 0 rings (SSSR count). The van der Waals surface area contributed by atoms with E-state index in [2.05, 4.69) is 20.8 Å². The van der Waals surface area contributed by atoms with Gasteiger partial charge in [0.1, 0.15) is 12.7 Å². The number of carbonyl (C=O) groups excluding carboxylic acids is 3. The molecule has 0 spiro atoms. The number of phosphoric ester groups is 1. The Hall–Kier alpha value is -1.52. The van der Waals surface area contributed by atoms with Crippen LogP contribution in [0.5, 0.6) is 0 Å². The zero-order valence-electron chi connectivity index (χ0n) is 48.9. The summed E-state index contributed by atoms with van der Waals surface area (Å²) in [6, 6.07) is 0. The number of rotatable bonds is 61. The summed E-state index contributed by atoms with van der Waals surface area (Å²) in [7, 11) is -4.74. The van der Waals surface area contributed by atoms with Crippen LogP contribution < -0.4 is 0 Å². The highest BCUT2D eigenvalue weighted by Gasteiger charge is 2.28. The van der Waals surface area contributed by atoms with Crippen molar-refractivity contribution in [3.8, 4) is 0 Å². The smallest absolute Gasteiger partial charge is 0.462 e. The number of hydrogen-bond donors (Lipinski definition) is 2. The number of unbranched alkanes of at least 4 members (excludes halogenated alkanes) is 44. The maximum Gasteiger partial charge on any atom is 0.472 e. The molecule has 74 heavy (non-hydrogen) atoms. The Bertz CT molecular complexity index is 1250. The van der Waals surface area contributed by atoms with Crippen molar-refractivity contribution >= 4 is 25.7 Å². The summed E-state index contributed by atoms with van der Waals surface area (Å²) in [5.74, 6) is -1.42. The van der Waals surface area contributed by atoms with E-state index in [0.717, 1.165) is 57.8 Å². The van der Waals surface area contributed by atoms with E-state index in [9.17, 15) is 28.9 Å². The first kappa shape index (κ1) is 72.5. The van der Waals surface area contributed by atoms with Gasteiger partial charge in [-0.25, -0.2) is 4.57 Å². The van der Waals surface area contributed by atoms with Crippen molar-refractivity contribution in [1.82, 2.24) is 0 Å². The molecule has 0 aliphatic heterocycles. The number of hydrogen-bond acceptors (Lipinski definition) is 10. The first-order chi connectivity index (χ1) is 36.2. The minimum absolute atomic E-state index is 0.179. The van der Waals surface area contributed by atoms with Crippen molar-refractivity contribution in [3.63, 3.8) is 0 Å². The lowest BCUT2D eigenvalue weighted by molar-refractivity contribution is -0.161. The van der Waals surface area contributed by atoms with Crippen LogP contribution in [0.3, 0.4) is 0 Å². The van der Waals surface area contributed by atoms with E-state index in [1.165, 1.54) is 225 Å². The van der Waals surface area contributed by atoms with Gasteiger partial charge in [-0.05, 0) is 19.3 Å². The summed E-state index contributed by atoms with van der Waals surface area (Å²) in [6.07, 6.45) is 56.2. The normalized spacial score (nSPS) is 13.2. The molecule has 0 radical (unpaired) electrons. The van der Waals surface area contributed by atoms with Crippen LogP contribution in [0, 0.1) is 0 Å². The topological polar surface area (TPSA) is 155 Å². The Morgan fingerprint density at radius 1 is 0.324 bits per heavy atom. The summed E-state index contributed by atoms with van der Waals surface area (Å²) in [5.41, 5.74) is 0. The van der Waals surface area contributed by atoms with Crippen LogP contribution in [0.2, 0.25) is 0 Å². The predicted molar refractivity (Wildman–Crippen MR) is 307 cm³/mol. The molecular formula is C62H121O11P. The third kappa shape index (κ3) is 55.2. The van der Waals surface area contributed by atoms with Gasteiger partial charge < -0.3 is 24.2 Å². The molecule has 2 N–H and O–H groups in total. The van der Waals surface area contributed by atoms with Gasteiger partial charge in [0.05, 0.1) is 19.8 Å². The molecule has 11 nitrogen and oxygen atoms in total. The van der Waals surface area contributed by atoms with E-state index in [-0.39, 0.29) is 25.9 Å². The fraction of sp³-hybridized carbons (Fsp3) is 0.952. The molecule has 3 atom stereocenters. The fourth-order valence-corrected chi connectivity index (χ4v) is 10.4. The number of phosphoric acid groups is 1. The van der Waals surface area contributed by atoms with Gasteiger partial charge >= 0.3 is 25.7 Å². The van der Waals surface area contributed by atoms with E-state index >= 15 is 0 Å². The summed E-state index contributed by atoms with van der Waals surface area (Å²) in [4.78, 5) is 48.7. The molecule has 0 aliphatic carbocycles. The molecule has 0 bridgehead atoms. The van der Waals surface area contributed by atoms with E-state index < -0.39 is 57.8 Å². The van der Waals surface area contributed by atoms with Crippen LogP contribution >= 0.6 is 7.82 Å². The predicted octanol–water partition coefficient (Wildman–Crippen LogP) is 19.0. The number of carbonyl (C=O) groups is 3. The zero-order valence-corrected chi connectivity index (χ0v) is 49.7. The Morgan fingerprint density at radius 3 is 0.797 bits per heavy atom. The van der Waals surface area contributed by atoms with Gasteiger partial charge in [0.25, 0.3) is 0 Å².